The van der Waals surface area contributed by atoms with E-state index >= 15 is 0 Å². The van der Waals surface area contributed by atoms with Crippen LogP contribution in [0.3, 0.4) is 0 Å². The minimum atomic E-state index is 0.00161. The number of pyridine rings is 1. The lowest BCUT2D eigenvalue weighted by Crippen LogP contribution is -2.38. The molecule has 0 saturated heterocycles. The molecule has 0 aromatic carbocycles. The summed E-state index contributed by atoms with van der Waals surface area (Å²) in [6.07, 6.45) is 4.77. The third kappa shape index (κ3) is 5.63. The van der Waals surface area contributed by atoms with E-state index < -0.39 is 0 Å². The maximum atomic E-state index is 12.2. The Hall–Kier alpha value is -1.95. The van der Waals surface area contributed by atoms with E-state index in [1.807, 2.05) is 18.2 Å². The zero-order valence-corrected chi connectivity index (χ0v) is 13.6. The van der Waals surface area contributed by atoms with Gasteiger partial charge < -0.3 is 15.4 Å². The van der Waals surface area contributed by atoms with Crippen LogP contribution in [-0.4, -0.2) is 37.1 Å². The normalized spacial score (nSPS) is 20.7. The molecule has 1 saturated carbocycles. The Labute approximate surface area is 137 Å². The number of ether oxygens (including phenoxy) is 1. The van der Waals surface area contributed by atoms with Gasteiger partial charge in [-0.25, -0.2) is 0 Å². The molecule has 6 nitrogen and oxygen atoms in total. The Morgan fingerprint density at radius 1 is 1.13 bits per heavy atom. The van der Waals surface area contributed by atoms with Crippen molar-refractivity contribution in [2.45, 2.75) is 32.2 Å². The smallest absolute Gasteiger partial charge is 0.223 e. The third-order valence-corrected chi connectivity index (χ3v) is 4.24. The number of nitrogens with zero attached hydrogens (tertiary/aromatic N) is 1. The average Bonchev–Trinajstić information content (AvgIpc) is 2.61. The van der Waals surface area contributed by atoms with Crippen molar-refractivity contribution < 1.29 is 14.3 Å². The zero-order valence-electron chi connectivity index (χ0n) is 13.6. The number of aromatic nitrogens is 1. The fourth-order valence-electron chi connectivity index (χ4n) is 2.86. The highest BCUT2D eigenvalue weighted by Crippen LogP contribution is 2.29. The molecule has 0 aliphatic heterocycles. The molecule has 6 heteroatoms. The topological polar surface area (TPSA) is 80.3 Å². The predicted octanol–water partition coefficient (Wildman–Crippen LogP) is 1.27. The van der Waals surface area contributed by atoms with Crippen LogP contribution in [0, 0.1) is 11.8 Å². The molecule has 0 unspecified atom stereocenters. The van der Waals surface area contributed by atoms with Crippen LogP contribution in [0.2, 0.25) is 0 Å². The molecule has 2 amide bonds. The van der Waals surface area contributed by atoms with E-state index in [4.69, 9.17) is 4.74 Å². The van der Waals surface area contributed by atoms with E-state index in [2.05, 4.69) is 15.6 Å². The number of nitrogens with one attached hydrogen (secondary N) is 2. The van der Waals surface area contributed by atoms with Crippen molar-refractivity contribution in [2.24, 2.45) is 11.8 Å². The molecular formula is C17H25N3O3. The molecule has 1 aromatic heterocycles. The van der Waals surface area contributed by atoms with Crippen LogP contribution in [0.4, 0.5) is 0 Å². The number of rotatable bonds is 7. The number of carbonyl (C=O) groups is 2. The molecule has 0 atom stereocenters. The number of hydrogen-bond donors (Lipinski definition) is 2. The lowest BCUT2D eigenvalue weighted by atomic mass is 9.81. The molecule has 0 bridgehead atoms. The van der Waals surface area contributed by atoms with Gasteiger partial charge >= 0.3 is 0 Å². The number of amides is 2. The molecule has 2 rings (SSSR count). The van der Waals surface area contributed by atoms with Crippen molar-refractivity contribution >= 4 is 11.8 Å². The van der Waals surface area contributed by atoms with Gasteiger partial charge in [-0.1, -0.05) is 6.07 Å². The van der Waals surface area contributed by atoms with Crippen LogP contribution < -0.4 is 10.6 Å². The second-order valence-electron chi connectivity index (χ2n) is 5.87. The second-order valence-corrected chi connectivity index (χ2v) is 5.87. The minimum Gasteiger partial charge on any atom is -0.383 e. The monoisotopic (exact) mass is 319 g/mol. The van der Waals surface area contributed by atoms with Gasteiger partial charge in [-0.3, -0.25) is 14.6 Å². The maximum Gasteiger partial charge on any atom is 0.223 e. The van der Waals surface area contributed by atoms with E-state index in [1.54, 1.807) is 13.3 Å². The van der Waals surface area contributed by atoms with Crippen molar-refractivity contribution in [3.63, 3.8) is 0 Å². The third-order valence-electron chi connectivity index (χ3n) is 4.24. The highest BCUT2D eigenvalue weighted by Gasteiger charge is 2.29. The summed E-state index contributed by atoms with van der Waals surface area (Å²) >= 11 is 0. The highest BCUT2D eigenvalue weighted by molar-refractivity contribution is 5.81. The lowest BCUT2D eigenvalue weighted by molar-refractivity contribution is -0.130. The first-order valence-electron chi connectivity index (χ1n) is 8.15. The fourth-order valence-corrected chi connectivity index (χ4v) is 2.86. The van der Waals surface area contributed by atoms with Crippen LogP contribution in [0.25, 0.3) is 0 Å². The molecule has 1 aliphatic carbocycles. The van der Waals surface area contributed by atoms with Gasteiger partial charge in [0, 0.05) is 31.7 Å². The van der Waals surface area contributed by atoms with Gasteiger partial charge in [-0.05, 0) is 37.8 Å². The average molecular weight is 319 g/mol. The summed E-state index contributed by atoms with van der Waals surface area (Å²) in [6.45, 7) is 1.52. The molecule has 1 fully saturated rings. The quantitative estimate of drug-likeness (QED) is 0.742. The molecular weight excluding hydrogens is 294 g/mol. The van der Waals surface area contributed by atoms with E-state index in [9.17, 15) is 9.59 Å². The van der Waals surface area contributed by atoms with Crippen molar-refractivity contribution in [3.8, 4) is 0 Å². The molecule has 1 aliphatic rings. The van der Waals surface area contributed by atoms with Crippen LogP contribution >= 0.6 is 0 Å². The van der Waals surface area contributed by atoms with Gasteiger partial charge in [0.2, 0.25) is 11.8 Å². The summed E-state index contributed by atoms with van der Waals surface area (Å²) in [5, 5.41) is 5.81. The molecule has 126 valence electrons. The minimum absolute atomic E-state index is 0.00161. The summed E-state index contributed by atoms with van der Waals surface area (Å²) in [6, 6.07) is 5.65. The molecule has 1 heterocycles. The van der Waals surface area contributed by atoms with Crippen molar-refractivity contribution in [1.29, 1.82) is 0 Å². The van der Waals surface area contributed by atoms with E-state index in [-0.39, 0.29) is 23.7 Å². The lowest BCUT2D eigenvalue weighted by Gasteiger charge is -2.27. The predicted molar refractivity (Wildman–Crippen MR) is 86.4 cm³/mol. The van der Waals surface area contributed by atoms with Crippen LogP contribution in [0.5, 0.6) is 0 Å². The van der Waals surface area contributed by atoms with Crippen LogP contribution in [0.1, 0.15) is 31.4 Å². The second kappa shape index (κ2) is 9.25. The fraction of sp³-hybridized carbons (Fsp3) is 0.588. The Bertz CT molecular complexity index is 499. The first-order valence-corrected chi connectivity index (χ1v) is 8.15. The molecule has 0 spiro atoms. The Morgan fingerprint density at radius 3 is 2.35 bits per heavy atom. The number of carbonyl (C=O) groups excluding carboxylic acids is 2. The van der Waals surface area contributed by atoms with Crippen LogP contribution in [-0.2, 0) is 20.9 Å². The Kier molecular flexibility index (Phi) is 7.00. The first-order chi connectivity index (χ1) is 11.2. The maximum absolute atomic E-state index is 12.2. The number of methoxy groups -OCH3 is 1. The molecule has 23 heavy (non-hydrogen) atoms. The van der Waals surface area contributed by atoms with Crippen molar-refractivity contribution in [1.82, 2.24) is 15.6 Å². The summed E-state index contributed by atoms with van der Waals surface area (Å²) in [5.41, 5.74) is 0.854. The van der Waals surface area contributed by atoms with E-state index in [1.165, 1.54) is 0 Å². The standard InChI is InChI=1S/C17H25N3O3/c1-23-11-10-19-16(21)13-5-7-14(8-6-13)17(22)20-12-15-4-2-3-9-18-15/h2-4,9,13-14H,5-8,10-12H2,1H3,(H,19,21)(H,20,22). The van der Waals surface area contributed by atoms with E-state index in [0.717, 1.165) is 31.4 Å². The summed E-state index contributed by atoms with van der Waals surface area (Å²) in [7, 11) is 1.61. The van der Waals surface area contributed by atoms with Gasteiger partial charge in [0.25, 0.3) is 0 Å². The largest absolute Gasteiger partial charge is 0.383 e. The highest BCUT2D eigenvalue weighted by atomic mass is 16.5. The van der Waals surface area contributed by atoms with Crippen LogP contribution in [0.15, 0.2) is 24.4 Å². The Balaban J connectivity index is 1.69. The Morgan fingerprint density at radius 2 is 1.78 bits per heavy atom. The summed E-state index contributed by atoms with van der Waals surface area (Å²) in [5.74, 6) is 0.164. The zero-order chi connectivity index (χ0) is 16.5. The van der Waals surface area contributed by atoms with Gasteiger partial charge in [-0.2, -0.15) is 0 Å². The molecule has 0 radical (unpaired) electrons. The van der Waals surface area contributed by atoms with Gasteiger partial charge in [0.05, 0.1) is 18.8 Å². The van der Waals surface area contributed by atoms with E-state index in [0.29, 0.717) is 19.7 Å². The summed E-state index contributed by atoms with van der Waals surface area (Å²) < 4.78 is 4.92. The first kappa shape index (κ1) is 17.4. The van der Waals surface area contributed by atoms with Crippen molar-refractivity contribution in [3.05, 3.63) is 30.1 Å². The molecule has 1 aromatic rings. The van der Waals surface area contributed by atoms with Gasteiger partial charge in [0.15, 0.2) is 0 Å². The SMILES string of the molecule is COCCNC(=O)C1CCC(C(=O)NCc2ccccn2)CC1. The summed E-state index contributed by atoms with van der Waals surface area (Å²) in [4.78, 5) is 28.4. The van der Waals surface area contributed by atoms with Gasteiger partial charge in [-0.15, -0.1) is 0 Å². The number of hydrogen-bond acceptors (Lipinski definition) is 4. The van der Waals surface area contributed by atoms with Gasteiger partial charge in [0.1, 0.15) is 0 Å². The van der Waals surface area contributed by atoms with Crippen molar-refractivity contribution in [2.75, 3.05) is 20.3 Å². The molecule has 2 N–H and O–H groups in total.